The summed E-state index contributed by atoms with van der Waals surface area (Å²) in [5.74, 6) is 0. The van der Waals surface area contributed by atoms with Crippen LogP contribution in [0, 0.1) is 0 Å². The quantitative estimate of drug-likeness (QED) is 0.730. The molecule has 0 aromatic heterocycles. The van der Waals surface area contributed by atoms with E-state index < -0.39 is 0 Å². The Kier molecular flexibility index (Phi) is 3.83. The van der Waals surface area contributed by atoms with Crippen LogP contribution in [0.4, 0.5) is 0 Å². The second kappa shape index (κ2) is 5.92. The lowest BCUT2D eigenvalue weighted by atomic mass is 9.90. The monoisotopic (exact) mass is 251 g/mol. The van der Waals surface area contributed by atoms with Crippen molar-refractivity contribution in [3.8, 4) is 0 Å². The third kappa shape index (κ3) is 3.17. The van der Waals surface area contributed by atoms with Gasteiger partial charge in [-0.25, -0.2) is 0 Å². The average Bonchev–Trinajstić information content (AvgIpc) is 2.50. The third-order valence-electron chi connectivity index (χ3n) is 3.96. The number of rotatable bonds is 2. The number of hydrogen-bond donors (Lipinski definition) is 0. The highest BCUT2D eigenvalue weighted by molar-refractivity contribution is 5.38. The van der Waals surface area contributed by atoms with Crippen LogP contribution >= 0.6 is 0 Å². The molecule has 1 heterocycles. The molecule has 1 nitrogen and oxygen atoms in total. The van der Waals surface area contributed by atoms with E-state index >= 15 is 0 Å². The molecule has 1 aliphatic carbocycles. The molecule has 0 spiro atoms. The first-order chi connectivity index (χ1) is 9.42. The standard InChI is InChI=1S/C18H21N/c1-3-7-16(8-4-1)15-19-13-11-18(12-14-19)17-9-5-2-6-10-17/h1,3-4,7-8,11-14H,2,5-6,9-10,15H2. The zero-order valence-corrected chi connectivity index (χ0v) is 11.4. The maximum absolute atomic E-state index is 2.28. The number of allylic oxidation sites excluding steroid dienone is 4. The van der Waals surface area contributed by atoms with E-state index in [2.05, 4.69) is 59.8 Å². The Morgan fingerprint density at radius 1 is 0.842 bits per heavy atom. The van der Waals surface area contributed by atoms with Gasteiger partial charge in [-0.05, 0) is 49.0 Å². The fourth-order valence-electron chi connectivity index (χ4n) is 2.86. The zero-order chi connectivity index (χ0) is 12.9. The summed E-state index contributed by atoms with van der Waals surface area (Å²) in [6, 6.07) is 10.6. The second-order valence-corrected chi connectivity index (χ2v) is 5.41. The number of hydrogen-bond acceptors (Lipinski definition) is 1. The van der Waals surface area contributed by atoms with Crippen LogP contribution in [-0.4, -0.2) is 4.90 Å². The van der Waals surface area contributed by atoms with Gasteiger partial charge in [0.2, 0.25) is 0 Å². The summed E-state index contributed by atoms with van der Waals surface area (Å²) in [5, 5.41) is 0. The molecule has 3 rings (SSSR count). The maximum atomic E-state index is 2.28. The Labute approximate surface area is 115 Å². The summed E-state index contributed by atoms with van der Waals surface area (Å²) in [5.41, 5.74) is 4.45. The van der Waals surface area contributed by atoms with Crippen LogP contribution in [0.25, 0.3) is 0 Å². The van der Waals surface area contributed by atoms with Crippen molar-refractivity contribution >= 4 is 0 Å². The predicted octanol–water partition coefficient (Wildman–Crippen LogP) is 4.79. The van der Waals surface area contributed by atoms with E-state index in [0.717, 1.165) is 6.54 Å². The largest absolute Gasteiger partial charge is 0.350 e. The van der Waals surface area contributed by atoms with Crippen LogP contribution in [0.3, 0.4) is 0 Å². The molecule has 2 aliphatic rings. The van der Waals surface area contributed by atoms with Gasteiger partial charge in [-0.1, -0.05) is 42.3 Å². The number of nitrogens with zero attached hydrogens (tertiary/aromatic N) is 1. The molecule has 0 N–H and O–H groups in total. The first-order valence-corrected chi connectivity index (χ1v) is 7.30. The Balaban J connectivity index is 1.66. The van der Waals surface area contributed by atoms with Gasteiger partial charge in [0.25, 0.3) is 0 Å². The Morgan fingerprint density at radius 2 is 1.53 bits per heavy atom. The van der Waals surface area contributed by atoms with Crippen molar-refractivity contribution < 1.29 is 0 Å². The van der Waals surface area contributed by atoms with Crippen LogP contribution in [0.5, 0.6) is 0 Å². The van der Waals surface area contributed by atoms with E-state index in [1.165, 1.54) is 43.2 Å². The minimum absolute atomic E-state index is 0.955. The highest BCUT2D eigenvalue weighted by atomic mass is 15.1. The van der Waals surface area contributed by atoms with E-state index in [4.69, 9.17) is 0 Å². The minimum Gasteiger partial charge on any atom is -0.350 e. The van der Waals surface area contributed by atoms with E-state index in [-0.39, 0.29) is 0 Å². The molecule has 1 aromatic rings. The highest BCUT2D eigenvalue weighted by Crippen LogP contribution is 2.28. The van der Waals surface area contributed by atoms with Gasteiger partial charge in [0.15, 0.2) is 0 Å². The Bertz CT molecular complexity index is 484. The molecule has 0 unspecified atom stereocenters. The highest BCUT2D eigenvalue weighted by Gasteiger charge is 2.10. The van der Waals surface area contributed by atoms with Gasteiger partial charge < -0.3 is 4.90 Å². The Morgan fingerprint density at radius 3 is 2.21 bits per heavy atom. The zero-order valence-electron chi connectivity index (χ0n) is 11.4. The van der Waals surface area contributed by atoms with E-state index in [1.807, 2.05) is 0 Å². The molecular weight excluding hydrogens is 230 g/mol. The molecule has 0 saturated heterocycles. The van der Waals surface area contributed by atoms with Crippen molar-refractivity contribution in [2.45, 2.75) is 38.6 Å². The van der Waals surface area contributed by atoms with E-state index in [9.17, 15) is 0 Å². The Hall–Kier alpha value is -1.76. The number of benzene rings is 1. The molecule has 98 valence electrons. The maximum Gasteiger partial charge on any atom is 0.0470 e. The van der Waals surface area contributed by atoms with Crippen molar-refractivity contribution in [1.29, 1.82) is 0 Å². The van der Waals surface area contributed by atoms with E-state index in [1.54, 1.807) is 5.57 Å². The van der Waals surface area contributed by atoms with Gasteiger partial charge in [0.05, 0.1) is 0 Å². The molecule has 1 fully saturated rings. The van der Waals surface area contributed by atoms with Crippen LogP contribution in [0.1, 0.15) is 37.7 Å². The SMILES string of the molecule is C1=CN(Cc2ccccc2)C=CC1=C1CCCCC1. The first kappa shape index (κ1) is 12.3. The van der Waals surface area contributed by atoms with Crippen molar-refractivity contribution in [3.63, 3.8) is 0 Å². The molecule has 0 radical (unpaired) electrons. The lowest BCUT2D eigenvalue weighted by molar-refractivity contribution is 0.496. The van der Waals surface area contributed by atoms with Crippen molar-refractivity contribution in [3.05, 3.63) is 71.6 Å². The summed E-state index contributed by atoms with van der Waals surface area (Å²) in [6.45, 7) is 0.955. The normalized spacial score (nSPS) is 19.1. The minimum atomic E-state index is 0.955. The smallest absolute Gasteiger partial charge is 0.0470 e. The van der Waals surface area contributed by atoms with Gasteiger partial charge in [-0.3, -0.25) is 0 Å². The topological polar surface area (TPSA) is 3.24 Å². The molecular formula is C18H21N. The molecule has 0 atom stereocenters. The average molecular weight is 251 g/mol. The van der Waals surface area contributed by atoms with E-state index in [0.29, 0.717) is 0 Å². The van der Waals surface area contributed by atoms with Crippen LogP contribution in [0.15, 0.2) is 66.0 Å². The molecule has 0 bridgehead atoms. The fraction of sp³-hybridized carbons (Fsp3) is 0.333. The fourth-order valence-corrected chi connectivity index (χ4v) is 2.86. The van der Waals surface area contributed by atoms with Crippen molar-refractivity contribution in [2.24, 2.45) is 0 Å². The molecule has 1 saturated carbocycles. The molecule has 1 aliphatic heterocycles. The lowest BCUT2D eigenvalue weighted by Gasteiger charge is -2.22. The van der Waals surface area contributed by atoms with Crippen LogP contribution in [-0.2, 0) is 6.54 Å². The summed E-state index contributed by atoms with van der Waals surface area (Å²) in [7, 11) is 0. The van der Waals surface area contributed by atoms with Crippen molar-refractivity contribution in [1.82, 2.24) is 4.90 Å². The molecule has 1 heteroatoms. The van der Waals surface area contributed by atoms with Gasteiger partial charge in [0.1, 0.15) is 0 Å². The predicted molar refractivity (Wildman–Crippen MR) is 80.4 cm³/mol. The summed E-state index contributed by atoms with van der Waals surface area (Å²) >= 11 is 0. The van der Waals surface area contributed by atoms with Gasteiger partial charge in [-0.15, -0.1) is 0 Å². The third-order valence-corrected chi connectivity index (χ3v) is 3.96. The van der Waals surface area contributed by atoms with Crippen LogP contribution < -0.4 is 0 Å². The summed E-state index contributed by atoms with van der Waals surface area (Å²) < 4.78 is 0. The second-order valence-electron chi connectivity index (χ2n) is 5.41. The molecule has 19 heavy (non-hydrogen) atoms. The van der Waals surface area contributed by atoms with Crippen molar-refractivity contribution in [2.75, 3.05) is 0 Å². The summed E-state index contributed by atoms with van der Waals surface area (Å²) in [4.78, 5) is 2.25. The lowest BCUT2D eigenvalue weighted by Crippen LogP contribution is -2.12. The van der Waals surface area contributed by atoms with Gasteiger partial charge >= 0.3 is 0 Å². The first-order valence-electron chi connectivity index (χ1n) is 7.30. The van der Waals surface area contributed by atoms with Gasteiger partial charge in [-0.2, -0.15) is 0 Å². The molecule has 1 aromatic carbocycles. The van der Waals surface area contributed by atoms with Crippen LogP contribution in [0.2, 0.25) is 0 Å². The van der Waals surface area contributed by atoms with Gasteiger partial charge in [0, 0.05) is 18.9 Å². The summed E-state index contributed by atoms with van der Waals surface area (Å²) in [6.07, 6.45) is 15.7. The molecule has 0 amide bonds.